The fourth-order valence-electron chi connectivity index (χ4n) is 5.01. The summed E-state index contributed by atoms with van der Waals surface area (Å²) in [7, 11) is 0. The number of aliphatic imine (C=N–C) groups is 1. The molecule has 0 saturated carbocycles. The van der Waals surface area contributed by atoms with Crippen LogP contribution in [0.4, 0.5) is 25.8 Å². The molecule has 6 nitrogen and oxygen atoms in total. The van der Waals surface area contributed by atoms with Gasteiger partial charge < -0.3 is 19.8 Å². The van der Waals surface area contributed by atoms with E-state index >= 15 is 0 Å². The van der Waals surface area contributed by atoms with E-state index in [9.17, 15) is 18.7 Å². The van der Waals surface area contributed by atoms with E-state index in [1.807, 2.05) is 36.9 Å². The second-order valence-electron chi connectivity index (χ2n) is 9.31. The zero-order valence-corrected chi connectivity index (χ0v) is 20.3. The number of aliphatic carboxylic acids is 1. The van der Waals surface area contributed by atoms with Gasteiger partial charge in [0.1, 0.15) is 17.3 Å². The third-order valence-corrected chi connectivity index (χ3v) is 6.86. The second-order valence-corrected chi connectivity index (χ2v) is 9.31. The van der Waals surface area contributed by atoms with Crippen LogP contribution in [0.1, 0.15) is 29.2 Å². The zero-order valence-electron chi connectivity index (χ0n) is 20.3. The lowest BCUT2D eigenvalue weighted by molar-refractivity contribution is -0.137. The minimum atomic E-state index is -0.965. The van der Waals surface area contributed by atoms with Gasteiger partial charge in [-0.15, -0.1) is 0 Å². The van der Waals surface area contributed by atoms with Gasteiger partial charge in [0.25, 0.3) is 0 Å². The zero-order chi connectivity index (χ0) is 25.4. The van der Waals surface area contributed by atoms with Crippen molar-refractivity contribution in [3.63, 3.8) is 0 Å². The summed E-state index contributed by atoms with van der Waals surface area (Å²) >= 11 is 0. The molecular weight excluding hydrogens is 462 g/mol. The number of nitrogens with zero attached hydrogens (tertiary/aromatic N) is 4. The summed E-state index contributed by atoms with van der Waals surface area (Å²) in [5.41, 5.74) is 4.57. The quantitative estimate of drug-likeness (QED) is 0.529. The summed E-state index contributed by atoms with van der Waals surface area (Å²) in [5, 5.41) is 9.82. The number of fused-ring (bicyclic) bond motifs is 1. The highest BCUT2D eigenvalue weighted by Gasteiger charge is 2.38. The van der Waals surface area contributed by atoms with Crippen molar-refractivity contribution < 1.29 is 18.7 Å². The average Bonchev–Trinajstić information content (AvgIpc) is 2.86. The van der Waals surface area contributed by atoms with E-state index in [0.29, 0.717) is 37.7 Å². The van der Waals surface area contributed by atoms with Crippen LogP contribution >= 0.6 is 0 Å². The molecule has 0 bridgehead atoms. The van der Waals surface area contributed by atoms with Crippen LogP contribution in [0.3, 0.4) is 0 Å². The summed E-state index contributed by atoms with van der Waals surface area (Å²) in [4.78, 5) is 23.0. The Morgan fingerprint density at radius 1 is 0.972 bits per heavy atom. The van der Waals surface area contributed by atoms with E-state index in [0.717, 1.165) is 22.5 Å². The molecule has 36 heavy (non-hydrogen) atoms. The van der Waals surface area contributed by atoms with Crippen molar-refractivity contribution in [3.05, 3.63) is 89.0 Å². The normalized spacial score (nSPS) is 17.6. The van der Waals surface area contributed by atoms with Crippen molar-refractivity contribution in [3.8, 4) is 0 Å². The van der Waals surface area contributed by atoms with Crippen LogP contribution in [-0.4, -0.2) is 48.1 Å². The largest absolute Gasteiger partial charge is 0.481 e. The number of guanidine groups is 1. The van der Waals surface area contributed by atoms with E-state index in [2.05, 4.69) is 9.80 Å². The van der Waals surface area contributed by atoms with Gasteiger partial charge in [0.2, 0.25) is 5.96 Å². The van der Waals surface area contributed by atoms with E-state index < -0.39 is 17.8 Å². The third-order valence-electron chi connectivity index (χ3n) is 6.86. The highest BCUT2D eigenvalue weighted by atomic mass is 19.1. The molecule has 186 valence electrons. The molecule has 0 amide bonds. The van der Waals surface area contributed by atoms with E-state index in [-0.39, 0.29) is 17.9 Å². The molecule has 0 spiro atoms. The monoisotopic (exact) mass is 490 g/mol. The molecule has 0 radical (unpaired) electrons. The minimum Gasteiger partial charge on any atom is -0.481 e. The van der Waals surface area contributed by atoms with Crippen LogP contribution in [-0.2, 0) is 4.79 Å². The van der Waals surface area contributed by atoms with Gasteiger partial charge in [0.05, 0.1) is 12.5 Å². The smallest absolute Gasteiger partial charge is 0.305 e. The second kappa shape index (κ2) is 9.60. The van der Waals surface area contributed by atoms with Crippen LogP contribution in [0.15, 0.2) is 65.7 Å². The maximum absolute atomic E-state index is 15.0. The molecule has 1 unspecified atom stereocenters. The Balaban J connectivity index is 1.56. The third kappa shape index (κ3) is 4.51. The van der Waals surface area contributed by atoms with E-state index in [1.54, 1.807) is 24.3 Å². The van der Waals surface area contributed by atoms with Gasteiger partial charge in [-0.25, -0.2) is 13.8 Å². The van der Waals surface area contributed by atoms with Gasteiger partial charge in [0.15, 0.2) is 0 Å². The average molecular weight is 491 g/mol. The summed E-state index contributed by atoms with van der Waals surface area (Å²) in [6, 6.07) is 16.6. The summed E-state index contributed by atoms with van der Waals surface area (Å²) in [5.74, 6) is -1.16. The number of benzene rings is 3. The molecular formula is C28H28F2N4O2. The molecule has 2 aliphatic rings. The molecule has 0 aliphatic carbocycles. The van der Waals surface area contributed by atoms with Gasteiger partial charge in [-0.05, 0) is 61.4 Å². The fraction of sp³-hybridized carbons (Fsp3) is 0.286. The molecule has 1 atom stereocenters. The lowest BCUT2D eigenvalue weighted by Crippen LogP contribution is -2.55. The molecule has 3 aromatic rings. The topological polar surface area (TPSA) is 59.4 Å². The molecule has 1 N–H and O–H groups in total. The van der Waals surface area contributed by atoms with E-state index in [4.69, 9.17) is 4.99 Å². The van der Waals surface area contributed by atoms with Gasteiger partial charge in [0, 0.05) is 43.1 Å². The fourth-order valence-corrected chi connectivity index (χ4v) is 5.01. The number of halogens is 2. The van der Waals surface area contributed by atoms with Crippen LogP contribution in [0.5, 0.6) is 0 Å². The number of carboxylic acid groups (broad SMARTS) is 1. The van der Waals surface area contributed by atoms with Crippen LogP contribution < -0.4 is 9.80 Å². The van der Waals surface area contributed by atoms with Crippen molar-refractivity contribution in [2.75, 3.05) is 36.0 Å². The lowest BCUT2D eigenvalue weighted by Gasteiger charge is -2.45. The first-order valence-corrected chi connectivity index (χ1v) is 12.0. The molecule has 8 heteroatoms. The first kappa shape index (κ1) is 23.8. The number of hydrogen-bond acceptors (Lipinski definition) is 5. The Labute approximate surface area is 209 Å². The van der Waals surface area contributed by atoms with Crippen LogP contribution in [0, 0.1) is 25.5 Å². The summed E-state index contributed by atoms with van der Waals surface area (Å²) < 4.78 is 28.4. The highest BCUT2D eigenvalue weighted by Crippen LogP contribution is 2.43. The summed E-state index contributed by atoms with van der Waals surface area (Å²) in [6.07, 6.45) is -0.196. The SMILES string of the molecule is Cc1ccc(C)c(N2C(N3CCN(c4ccc(F)cc4)CC3)=Nc3c(F)cccc3C2CC(=O)O)c1. The van der Waals surface area contributed by atoms with Crippen molar-refractivity contribution in [2.45, 2.75) is 26.3 Å². The van der Waals surface area contributed by atoms with Crippen molar-refractivity contribution in [1.82, 2.24) is 4.90 Å². The van der Waals surface area contributed by atoms with Gasteiger partial charge in [-0.3, -0.25) is 4.79 Å². The molecule has 1 fully saturated rings. The minimum absolute atomic E-state index is 0.196. The number of rotatable bonds is 4. The Morgan fingerprint density at radius 2 is 1.67 bits per heavy atom. The number of para-hydroxylation sites is 1. The Bertz CT molecular complexity index is 1320. The first-order chi connectivity index (χ1) is 17.3. The van der Waals surface area contributed by atoms with Gasteiger partial charge in [-0.1, -0.05) is 24.3 Å². The Kier molecular flexibility index (Phi) is 6.35. The van der Waals surface area contributed by atoms with Crippen molar-refractivity contribution >= 4 is 29.0 Å². The van der Waals surface area contributed by atoms with Crippen molar-refractivity contribution in [2.24, 2.45) is 4.99 Å². The number of aryl methyl sites for hydroxylation is 2. The van der Waals surface area contributed by atoms with Gasteiger partial charge >= 0.3 is 5.97 Å². The number of carbonyl (C=O) groups is 1. The molecule has 1 saturated heterocycles. The Morgan fingerprint density at radius 3 is 2.36 bits per heavy atom. The maximum Gasteiger partial charge on any atom is 0.305 e. The standard InChI is InChI=1S/C28H28F2N4O2/c1-18-6-7-19(2)24(16-18)34-25(17-26(35)36)22-4-3-5-23(30)27(22)31-28(34)33-14-12-32(13-15-33)21-10-8-20(29)9-11-21/h3-11,16,25H,12-15,17H2,1-2H3,(H,35,36). The summed E-state index contributed by atoms with van der Waals surface area (Å²) in [6.45, 7) is 6.50. The van der Waals surface area contributed by atoms with E-state index in [1.165, 1.54) is 18.2 Å². The van der Waals surface area contributed by atoms with Crippen LogP contribution in [0.2, 0.25) is 0 Å². The predicted molar refractivity (Wildman–Crippen MR) is 137 cm³/mol. The molecule has 5 rings (SSSR count). The molecule has 2 heterocycles. The number of piperazine rings is 1. The molecule has 3 aromatic carbocycles. The van der Waals surface area contributed by atoms with Crippen molar-refractivity contribution in [1.29, 1.82) is 0 Å². The number of anilines is 2. The first-order valence-electron chi connectivity index (χ1n) is 12.0. The lowest BCUT2D eigenvalue weighted by atomic mass is 9.96. The Hall–Kier alpha value is -3.94. The number of carboxylic acids is 1. The molecule has 2 aliphatic heterocycles. The predicted octanol–water partition coefficient (Wildman–Crippen LogP) is 5.43. The number of hydrogen-bond donors (Lipinski definition) is 1. The maximum atomic E-state index is 15.0. The molecule has 0 aromatic heterocycles. The van der Waals surface area contributed by atoms with Crippen LogP contribution in [0.25, 0.3) is 0 Å². The van der Waals surface area contributed by atoms with Gasteiger partial charge in [-0.2, -0.15) is 0 Å². The highest BCUT2D eigenvalue weighted by molar-refractivity contribution is 6.02.